The number of aryl methyl sites for hydroxylation is 1. The Bertz CT molecular complexity index is 1130. The Morgan fingerprint density at radius 1 is 1.30 bits per heavy atom. The minimum Gasteiger partial charge on any atom is -0.482 e. The van der Waals surface area contributed by atoms with Gasteiger partial charge < -0.3 is 9.64 Å². The number of fused-ring (bicyclic) bond motifs is 2. The number of rotatable bonds is 4. The van der Waals surface area contributed by atoms with E-state index in [0.29, 0.717) is 27.2 Å². The number of Topliss-reactive ketones (excluding diaryl/α,β-unsaturated/α-hetero) is 1. The third-order valence-corrected chi connectivity index (χ3v) is 5.79. The van der Waals surface area contributed by atoms with E-state index in [9.17, 15) is 14.4 Å². The SMILES string of the molecule is CCc1cc2c(=O)n(CC(=O)c3ccc4c(c3)N(C)C(=O)CO4)cnc2s1. The normalized spacial score (nSPS) is 13.6. The number of thiophene rings is 1. The Labute approximate surface area is 158 Å². The number of benzene rings is 1. The van der Waals surface area contributed by atoms with Gasteiger partial charge >= 0.3 is 0 Å². The van der Waals surface area contributed by atoms with Crippen molar-refractivity contribution >= 4 is 38.9 Å². The molecule has 7 nitrogen and oxygen atoms in total. The maximum absolute atomic E-state index is 12.7. The summed E-state index contributed by atoms with van der Waals surface area (Å²) in [6.45, 7) is 1.89. The van der Waals surface area contributed by atoms with E-state index in [1.165, 1.54) is 27.1 Å². The van der Waals surface area contributed by atoms with Gasteiger partial charge in [0, 0.05) is 17.5 Å². The van der Waals surface area contributed by atoms with Gasteiger partial charge in [0.15, 0.2) is 12.4 Å². The molecule has 1 aliphatic rings. The zero-order valence-electron chi connectivity index (χ0n) is 14.9. The van der Waals surface area contributed by atoms with Crippen molar-refractivity contribution in [3.05, 3.63) is 51.4 Å². The van der Waals surface area contributed by atoms with Crippen molar-refractivity contribution in [2.75, 3.05) is 18.6 Å². The quantitative estimate of drug-likeness (QED) is 0.646. The molecule has 1 aliphatic heterocycles. The molecule has 0 radical (unpaired) electrons. The van der Waals surface area contributed by atoms with Gasteiger partial charge in [-0.25, -0.2) is 4.98 Å². The Morgan fingerprint density at radius 3 is 2.89 bits per heavy atom. The van der Waals surface area contributed by atoms with Crippen LogP contribution in [-0.2, 0) is 17.8 Å². The number of likely N-dealkylation sites (N-methyl/N-ethyl adjacent to an activating group) is 1. The average Bonchev–Trinajstić information content (AvgIpc) is 3.11. The van der Waals surface area contributed by atoms with Crippen LogP contribution >= 0.6 is 11.3 Å². The van der Waals surface area contributed by atoms with Crippen molar-refractivity contribution in [3.63, 3.8) is 0 Å². The highest BCUT2D eigenvalue weighted by atomic mass is 32.1. The number of ether oxygens (including phenoxy) is 1. The highest BCUT2D eigenvalue weighted by Crippen LogP contribution is 2.32. The number of hydrogen-bond acceptors (Lipinski definition) is 6. The van der Waals surface area contributed by atoms with Crippen LogP contribution in [0.1, 0.15) is 22.2 Å². The average molecular weight is 383 g/mol. The maximum Gasteiger partial charge on any atom is 0.264 e. The second-order valence-corrected chi connectivity index (χ2v) is 7.43. The van der Waals surface area contributed by atoms with E-state index < -0.39 is 0 Å². The molecule has 138 valence electrons. The minimum atomic E-state index is -0.238. The molecular formula is C19H17N3O4S. The lowest BCUT2D eigenvalue weighted by molar-refractivity contribution is -0.120. The zero-order chi connectivity index (χ0) is 19.1. The molecule has 0 N–H and O–H groups in total. The molecule has 3 aromatic rings. The van der Waals surface area contributed by atoms with Gasteiger partial charge in [-0.05, 0) is 30.7 Å². The largest absolute Gasteiger partial charge is 0.482 e. The molecule has 0 aliphatic carbocycles. The maximum atomic E-state index is 12.7. The third kappa shape index (κ3) is 3.02. The van der Waals surface area contributed by atoms with Crippen molar-refractivity contribution in [1.82, 2.24) is 9.55 Å². The van der Waals surface area contributed by atoms with Crippen LogP contribution in [0.2, 0.25) is 0 Å². The van der Waals surface area contributed by atoms with Gasteiger partial charge in [-0.15, -0.1) is 11.3 Å². The van der Waals surface area contributed by atoms with Gasteiger partial charge in [-0.3, -0.25) is 19.0 Å². The molecule has 4 rings (SSSR count). The van der Waals surface area contributed by atoms with Gasteiger partial charge in [-0.2, -0.15) is 0 Å². The van der Waals surface area contributed by atoms with Gasteiger partial charge in [-0.1, -0.05) is 6.92 Å². The molecule has 0 atom stereocenters. The van der Waals surface area contributed by atoms with Crippen LogP contribution in [-0.4, -0.2) is 34.9 Å². The number of amides is 1. The predicted molar refractivity (Wildman–Crippen MR) is 103 cm³/mol. The standard InChI is InChI=1S/C19H17N3O4S/c1-3-12-7-13-18(27-12)20-10-22(19(13)25)8-15(23)11-4-5-16-14(6-11)21(2)17(24)9-26-16/h4-7,10H,3,8-9H2,1-2H3. The van der Waals surface area contributed by atoms with Crippen LogP contribution in [0.25, 0.3) is 10.2 Å². The molecule has 0 fully saturated rings. The Morgan fingerprint density at radius 2 is 2.11 bits per heavy atom. The molecule has 0 unspecified atom stereocenters. The van der Waals surface area contributed by atoms with Gasteiger partial charge in [0.2, 0.25) is 0 Å². The first-order chi connectivity index (χ1) is 13.0. The number of carbonyl (C=O) groups excluding carboxylic acids is 2. The van der Waals surface area contributed by atoms with Crippen LogP contribution in [0.15, 0.2) is 35.4 Å². The van der Waals surface area contributed by atoms with Crippen molar-refractivity contribution in [1.29, 1.82) is 0 Å². The molecule has 2 aromatic heterocycles. The summed E-state index contributed by atoms with van der Waals surface area (Å²) in [7, 11) is 1.64. The first-order valence-corrected chi connectivity index (χ1v) is 9.34. The molecule has 0 saturated carbocycles. The predicted octanol–water partition coefficient (Wildman–Crippen LogP) is 2.26. The zero-order valence-corrected chi connectivity index (χ0v) is 15.7. The second-order valence-electron chi connectivity index (χ2n) is 6.31. The van der Waals surface area contributed by atoms with Crippen LogP contribution in [0.3, 0.4) is 0 Å². The lowest BCUT2D eigenvalue weighted by Crippen LogP contribution is -2.35. The fourth-order valence-corrected chi connectivity index (χ4v) is 3.91. The Balaban J connectivity index is 1.65. The molecule has 0 saturated heterocycles. The molecule has 8 heteroatoms. The summed E-state index contributed by atoms with van der Waals surface area (Å²) < 4.78 is 6.69. The van der Waals surface area contributed by atoms with Gasteiger partial charge in [0.1, 0.15) is 10.6 Å². The molecule has 0 bridgehead atoms. The summed E-state index contributed by atoms with van der Waals surface area (Å²) in [5.74, 6) is 0.139. The second kappa shape index (κ2) is 6.62. The molecule has 0 spiro atoms. The summed E-state index contributed by atoms with van der Waals surface area (Å²) in [4.78, 5) is 44.7. The molecule has 27 heavy (non-hydrogen) atoms. The molecule has 3 heterocycles. The summed E-state index contributed by atoms with van der Waals surface area (Å²) >= 11 is 1.49. The first-order valence-electron chi connectivity index (χ1n) is 8.52. The van der Waals surface area contributed by atoms with Gasteiger partial charge in [0.25, 0.3) is 11.5 Å². The molecule has 1 aromatic carbocycles. The summed E-state index contributed by atoms with van der Waals surface area (Å²) in [6.07, 6.45) is 2.25. The minimum absolute atomic E-state index is 0.0156. The van der Waals surface area contributed by atoms with E-state index in [4.69, 9.17) is 4.74 Å². The smallest absolute Gasteiger partial charge is 0.264 e. The van der Waals surface area contributed by atoms with Crippen molar-refractivity contribution in [2.45, 2.75) is 19.9 Å². The van der Waals surface area contributed by atoms with Crippen molar-refractivity contribution < 1.29 is 14.3 Å². The highest BCUT2D eigenvalue weighted by Gasteiger charge is 2.23. The third-order valence-electron chi connectivity index (χ3n) is 4.60. The van der Waals surface area contributed by atoms with E-state index in [0.717, 1.165) is 11.3 Å². The van der Waals surface area contributed by atoms with Crippen molar-refractivity contribution in [3.8, 4) is 5.75 Å². The van der Waals surface area contributed by atoms with E-state index in [-0.39, 0.29) is 30.4 Å². The van der Waals surface area contributed by atoms with Crippen molar-refractivity contribution in [2.24, 2.45) is 0 Å². The topological polar surface area (TPSA) is 81.5 Å². The Kier molecular flexibility index (Phi) is 4.27. The molecule has 1 amide bonds. The van der Waals surface area contributed by atoms with Gasteiger partial charge in [0.05, 0.1) is 23.9 Å². The van der Waals surface area contributed by atoms with Crippen LogP contribution in [0.5, 0.6) is 5.75 Å². The number of hydrogen-bond donors (Lipinski definition) is 0. The van der Waals surface area contributed by atoms with Crippen LogP contribution in [0.4, 0.5) is 5.69 Å². The number of nitrogens with zero attached hydrogens (tertiary/aromatic N) is 3. The van der Waals surface area contributed by atoms with Crippen LogP contribution in [0, 0.1) is 0 Å². The summed E-state index contributed by atoms with van der Waals surface area (Å²) in [6, 6.07) is 6.77. The fraction of sp³-hybridized carbons (Fsp3) is 0.263. The van der Waals surface area contributed by atoms with Crippen LogP contribution < -0.4 is 15.2 Å². The number of anilines is 1. The fourth-order valence-electron chi connectivity index (χ4n) is 2.99. The summed E-state index contributed by atoms with van der Waals surface area (Å²) in [5, 5.41) is 0.538. The number of aromatic nitrogens is 2. The summed E-state index contributed by atoms with van der Waals surface area (Å²) in [5.41, 5.74) is 0.729. The Hall–Kier alpha value is -3.00. The van der Waals surface area contributed by atoms with E-state index in [2.05, 4.69) is 4.98 Å². The lowest BCUT2D eigenvalue weighted by Gasteiger charge is -2.26. The lowest BCUT2D eigenvalue weighted by atomic mass is 10.1. The number of ketones is 1. The molecular weight excluding hydrogens is 366 g/mol. The van der Waals surface area contributed by atoms with E-state index >= 15 is 0 Å². The van der Waals surface area contributed by atoms with E-state index in [1.807, 2.05) is 13.0 Å². The first kappa shape index (κ1) is 17.4. The monoisotopic (exact) mass is 383 g/mol. The number of carbonyl (C=O) groups is 2. The highest BCUT2D eigenvalue weighted by molar-refractivity contribution is 7.18. The van der Waals surface area contributed by atoms with E-state index in [1.54, 1.807) is 25.2 Å².